The van der Waals surface area contributed by atoms with Crippen LogP contribution in [-0.4, -0.2) is 35.1 Å². The molecule has 0 saturated heterocycles. The van der Waals surface area contributed by atoms with Crippen LogP contribution in [0.15, 0.2) is 60.7 Å². The molecule has 0 spiro atoms. The Labute approximate surface area is 183 Å². The van der Waals surface area contributed by atoms with Crippen molar-refractivity contribution in [3.8, 4) is 5.75 Å². The van der Waals surface area contributed by atoms with Gasteiger partial charge in [0, 0.05) is 30.5 Å². The zero-order valence-corrected chi connectivity index (χ0v) is 18.4. The normalized spacial score (nSPS) is 11.5. The summed E-state index contributed by atoms with van der Waals surface area (Å²) in [7, 11) is 0. The van der Waals surface area contributed by atoms with Gasteiger partial charge >= 0.3 is 0 Å². The number of nitrogens with one attached hydrogen (secondary N) is 2. The van der Waals surface area contributed by atoms with E-state index in [0.29, 0.717) is 17.3 Å². The molecule has 1 unspecified atom stereocenters. The lowest BCUT2D eigenvalue weighted by molar-refractivity contribution is -0.122. The Morgan fingerprint density at radius 2 is 1.65 bits per heavy atom. The van der Waals surface area contributed by atoms with Gasteiger partial charge in [0.15, 0.2) is 6.10 Å². The van der Waals surface area contributed by atoms with E-state index in [0.717, 1.165) is 30.4 Å². The third-order valence-electron chi connectivity index (χ3n) is 4.76. The Balaban J connectivity index is 1.62. The minimum Gasteiger partial charge on any atom is -0.481 e. The molecule has 0 aliphatic rings. The number of rotatable bonds is 9. The van der Waals surface area contributed by atoms with Crippen LogP contribution < -0.4 is 20.3 Å². The molecule has 31 heavy (non-hydrogen) atoms. The second-order valence-electron chi connectivity index (χ2n) is 7.10. The van der Waals surface area contributed by atoms with E-state index >= 15 is 0 Å². The molecular formula is C24H29N5O2. The Morgan fingerprint density at radius 3 is 2.29 bits per heavy atom. The number of hydrogen-bond donors (Lipinski definition) is 2. The predicted octanol–water partition coefficient (Wildman–Crippen LogP) is 4.78. The van der Waals surface area contributed by atoms with E-state index in [2.05, 4.69) is 39.3 Å². The van der Waals surface area contributed by atoms with Crippen molar-refractivity contribution in [1.29, 1.82) is 0 Å². The average molecular weight is 420 g/mol. The van der Waals surface area contributed by atoms with E-state index < -0.39 is 6.10 Å². The van der Waals surface area contributed by atoms with Crippen molar-refractivity contribution in [2.45, 2.75) is 33.8 Å². The van der Waals surface area contributed by atoms with Gasteiger partial charge in [-0.15, -0.1) is 0 Å². The van der Waals surface area contributed by atoms with Crippen LogP contribution in [0.1, 0.15) is 26.6 Å². The molecule has 0 saturated carbocycles. The van der Waals surface area contributed by atoms with Crippen LogP contribution >= 0.6 is 0 Å². The highest BCUT2D eigenvalue weighted by molar-refractivity contribution is 5.94. The van der Waals surface area contributed by atoms with Crippen molar-refractivity contribution in [3.05, 3.63) is 66.5 Å². The quantitative estimate of drug-likeness (QED) is 0.520. The third kappa shape index (κ3) is 6.18. The maximum atomic E-state index is 12.4. The van der Waals surface area contributed by atoms with Crippen molar-refractivity contribution in [2.24, 2.45) is 0 Å². The summed E-state index contributed by atoms with van der Waals surface area (Å²) in [5.41, 5.74) is 1.57. The number of amides is 1. The summed E-state index contributed by atoms with van der Waals surface area (Å²) in [5.74, 6) is 2.80. The number of carbonyl (C=O) groups is 1. The van der Waals surface area contributed by atoms with E-state index in [-0.39, 0.29) is 5.91 Å². The number of para-hydroxylation sites is 1. The standard InChI is InChI=1S/C24H29N5O2/c1-5-29(6-2)23-16-22(25-18(4)26-23)27-19-12-14-20(15-13-19)28-24(30)17(3)31-21-10-8-7-9-11-21/h7-17H,5-6H2,1-4H3,(H,28,30)(H,25,26,27). The van der Waals surface area contributed by atoms with Crippen LogP contribution in [0.5, 0.6) is 5.75 Å². The van der Waals surface area contributed by atoms with Crippen LogP contribution in [0, 0.1) is 6.92 Å². The molecule has 3 aromatic rings. The second kappa shape index (κ2) is 10.4. The predicted molar refractivity (Wildman–Crippen MR) is 125 cm³/mol. The van der Waals surface area contributed by atoms with E-state index in [1.54, 1.807) is 6.92 Å². The molecule has 0 aliphatic carbocycles. The topological polar surface area (TPSA) is 79.4 Å². The van der Waals surface area contributed by atoms with Crippen LogP contribution in [0.4, 0.5) is 23.0 Å². The molecule has 0 fully saturated rings. The van der Waals surface area contributed by atoms with Crippen LogP contribution in [0.2, 0.25) is 0 Å². The van der Waals surface area contributed by atoms with Gasteiger partial charge in [0.05, 0.1) is 0 Å². The van der Waals surface area contributed by atoms with Gasteiger partial charge in [-0.05, 0) is 64.1 Å². The Kier molecular flexibility index (Phi) is 7.43. The van der Waals surface area contributed by atoms with Crippen LogP contribution in [0.25, 0.3) is 0 Å². The molecular weight excluding hydrogens is 390 g/mol. The first-order valence-corrected chi connectivity index (χ1v) is 10.5. The van der Waals surface area contributed by atoms with Gasteiger partial charge in [0.1, 0.15) is 23.2 Å². The molecule has 1 amide bonds. The molecule has 1 atom stereocenters. The lowest BCUT2D eigenvalue weighted by Crippen LogP contribution is -2.30. The summed E-state index contributed by atoms with van der Waals surface area (Å²) >= 11 is 0. The van der Waals surface area contributed by atoms with Crippen molar-refractivity contribution in [1.82, 2.24) is 9.97 Å². The minimum atomic E-state index is -0.609. The highest BCUT2D eigenvalue weighted by atomic mass is 16.5. The van der Waals surface area contributed by atoms with E-state index in [1.165, 1.54) is 0 Å². The third-order valence-corrected chi connectivity index (χ3v) is 4.76. The molecule has 2 aromatic carbocycles. The van der Waals surface area contributed by atoms with Gasteiger partial charge in [-0.25, -0.2) is 9.97 Å². The number of anilines is 4. The van der Waals surface area contributed by atoms with Crippen LogP contribution in [0.3, 0.4) is 0 Å². The molecule has 2 N–H and O–H groups in total. The van der Waals surface area contributed by atoms with Crippen LogP contribution in [-0.2, 0) is 4.79 Å². The molecule has 7 nitrogen and oxygen atoms in total. The molecule has 162 valence electrons. The lowest BCUT2D eigenvalue weighted by atomic mass is 10.2. The number of nitrogens with zero attached hydrogens (tertiary/aromatic N) is 3. The van der Waals surface area contributed by atoms with E-state index in [4.69, 9.17) is 4.74 Å². The fourth-order valence-electron chi connectivity index (χ4n) is 3.11. The lowest BCUT2D eigenvalue weighted by Gasteiger charge is -2.20. The number of carbonyl (C=O) groups excluding carboxylic acids is 1. The fraction of sp³-hybridized carbons (Fsp3) is 0.292. The molecule has 0 aliphatic heterocycles. The Morgan fingerprint density at radius 1 is 1.00 bits per heavy atom. The average Bonchev–Trinajstić information content (AvgIpc) is 2.76. The number of aromatic nitrogens is 2. The van der Waals surface area contributed by atoms with E-state index in [9.17, 15) is 4.79 Å². The first-order chi connectivity index (χ1) is 15.0. The van der Waals surface area contributed by atoms with Crippen molar-refractivity contribution in [2.75, 3.05) is 28.6 Å². The number of hydrogen-bond acceptors (Lipinski definition) is 6. The number of benzene rings is 2. The summed E-state index contributed by atoms with van der Waals surface area (Å²) in [6, 6.07) is 18.7. The van der Waals surface area contributed by atoms with Crippen molar-refractivity contribution in [3.63, 3.8) is 0 Å². The maximum absolute atomic E-state index is 12.4. The first kappa shape index (κ1) is 22.1. The zero-order valence-electron chi connectivity index (χ0n) is 18.4. The van der Waals surface area contributed by atoms with Crippen molar-refractivity contribution >= 4 is 28.9 Å². The fourth-order valence-corrected chi connectivity index (χ4v) is 3.11. The largest absolute Gasteiger partial charge is 0.481 e. The SMILES string of the molecule is CCN(CC)c1cc(Nc2ccc(NC(=O)C(C)Oc3ccccc3)cc2)nc(C)n1. The smallest absolute Gasteiger partial charge is 0.265 e. The number of aryl methyl sites for hydroxylation is 1. The zero-order chi connectivity index (χ0) is 22.2. The van der Waals surface area contributed by atoms with Gasteiger partial charge in [0.25, 0.3) is 5.91 Å². The minimum absolute atomic E-state index is 0.208. The maximum Gasteiger partial charge on any atom is 0.265 e. The molecule has 1 heterocycles. The highest BCUT2D eigenvalue weighted by Crippen LogP contribution is 2.21. The summed E-state index contributed by atoms with van der Waals surface area (Å²) in [6.45, 7) is 9.58. The van der Waals surface area contributed by atoms with Gasteiger partial charge in [-0.1, -0.05) is 18.2 Å². The van der Waals surface area contributed by atoms with Gasteiger partial charge < -0.3 is 20.3 Å². The molecule has 0 bridgehead atoms. The summed E-state index contributed by atoms with van der Waals surface area (Å²) < 4.78 is 5.67. The monoisotopic (exact) mass is 419 g/mol. The first-order valence-electron chi connectivity index (χ1n) is 10.5. The Bertz CT molecular complexity index is 989. The van der Waals surface area contributed by atoms with Gasteiger partial charge in [-0.2, -0.15) is 0 Å². The molecule has 0 radical (unpaired) electrons. The molecule has 1 aromatic heterocycles. The summed E-state index contributed by atoms with van der Waals surface area (Å²) in [6.07, 6.45) is -0.609. The molecule has 7 heteroatoms. The number of ether oxygens (including phenoxy) is 1. The van der Waals surface area contributed by atoms with Gasteiger partial charge in [0.2, 0.25) is 0 Å². The highest BCUT2D eigenvalue weighted by Gasteiger charge is 2.15. The summed E-state index contributed by atoms with van der Waals surface area (Å²) in [5, 5.41) is 6.19. The Hall–Kier alpha value is -3.61. The van der Waals surface area contributed by atoms with Gasteiger partial charge in [-0.3, -0.25) is 4.79 Å². The second-order valence-corrected chi connectivity index (χ2v) is 7.10. The summed E-state index contributed by atoms with van der Waals surface area (Å²) in [4.78, 5) is 23.6. The van der Waals surface area contributed by atoms with E-state index in [1.807, 2.05) is 67.6 Å². The van der Waals surface area contributed by atoms with Crippen molar-refractivity contribution < 1.29 is 9.53 Å². The molecule has 3 rings (SSSR count).